The predicted molar refractivity (Wildman–Crippen MR) is 82.3 cm³/mol. The van der Waals surface area contributed by atoms with Gasteiger partial charge in [0.05, 0.1) is 6.04 Å². The van der Waals surface area contributed by atoms with Gasteiger partial charge in [-0.15, -0.1) is 0 Å². The molecule has 3 rings (SSSR count). The van der Waals surface area contributed by atoms with E-state index in [9.17, 15) is 0 Å². The molecular weight excluding hydrogens is 248 g/mol. The molecule has 1 atom stereocenters. The third-order valence-corrected chi connectivity index (χ3v) is 3.52. The van der Waals surface area contributed by atoms with E-state index in [-0.39, 0.29) is 12.6 Å². The molecule has 0 amide bonds. The number of hydrogen-bond donors (Lipinski definition) is 1. The molecular formula is C17H18N2O. The highest BCUT2D eigenvalue weighted by Crippen LogP contribution is 2.24. The summed E-state index contributed by atoms with van der Waals surface area (Å²) in [5.41, 5.74) is 2.27. The second-order valence-corrected chi connectivity index (χ2v) is 4.93. The Balaban J connectivity index is 1.95. The van der Waals surface area contributed by atoms with Crippen LogP contribution in [0.3, 0.4) is 0 Å². The molecule has 1 aliphatic heterocycles. The van der Waals surface area contributed by atoms with Gasteiger partial charge >= 0.3 is 0 Å². The summed E-state index contributed by atoms with van der Waals surface area (Å²) in [6, 6.07) is 20.7. The highest BCUT2D eigenvalue weighted by molar-refractivity contribution is 6.11. The second kappa shape index (κ2) is 5.88. The molecule has 2 aromatic rings. The maximum Gasteiger partial charge on any atom is 0.135 e. The first kappa shape index (κ1) is 12.9. The van der Waals surface area contributed by atoms with Crippen LogP contribution in [0.15, 0.2) is 65.7 Å². The second-order valence-electron chi connectivity index (χ2n) is 4.93. The fourth-order valence-corrected chi connectivity index (χ4v) is 2.54. The number of aliphatic imine (C=N–C) groups is 1. The summed E-state index contributed by atoms with van der Waals surface area (Å²) in [5.74, 6) is 0.996. The molecule has 20 heavy (non-hydrogen) atoms. The Hall–Kier alpha value is -2.13. The minimum atomic E-state index is 0.162. The Morgan fingerprint density at radius 2 is 1.65 bits per heavy atom. The summed E-state index contributed by atoms with van der Waals surface area (Å²) < 4.78 is 0. The van der Waals surface area contributed by atoms with Gasteiger partial charge in [-0.1, -0.05) is 48.5 Å². The van der Waals surface area contributed by atoms with E-state index in [2.05, 4.69) is 29.2 Å². The summed E-state index contributed by atoms with van der Waals surface area (Å²) in [4.78, 5) is 7.02. The van der Waals surface area contributed by atoms with Gasteiger partial charge < -0.3 is 10.0 Å². The molecule has 0 spiro atoms. The fourth-order valence-electron chi connectivity index (χ4n) is 2.54. The van der Waals surface area contributed by atoms with E-state index < -0.39 is 0 Å². The fraction of sp³-hybridized carbons (Fsp3) is 0.235. The van der Waals surface area contributed by atoms with Crippen LogP contribution < -0.4 is 4.90 Å². The van der Waals surface area contributed by atoms with Gasteiger partial charge in [-0.3, -0.25) is 4.99 Å². The van der Waals surface area contributed by atoms with Crippen LogP contribution in [0.25, 0.3) is 0 Å². The number of rotatable bonds is 4. The molecule has 0 saturated heterocycles. The highest BCUT2D eigenvalue weighted by Gasteiger charge is 2.26. The number of aliphatic hydroxyl groups excluding tert-OH is 1. The van der Waals surface area contributed by atoms with E-state index in [1.54, 1.807) is 0 Å². The molecule has 0 aromatic heterocycles. The first-order valence-corrected chi connectivity index (χ1v) is 6.95. The molecule has 2 aromatic carbocycles. The summed E-state index contributed by atoms with van der Waals surface area (Å²) in [6.07, 6.45) is 0.708. The van der Waals surface area contributed by atoms with Crippen LogP contribution in [0.2, 0.25) is 0 Å². The van der Waals surface area contributed by atoms with Crippen molar-refractivity contribution in [3.63, 3.8) is 0 Å². The average molecular weight is 266 g/mol. The maximum absolute atomic E-state index is 9.15. The molecule has 0 bridgehead atoms. The molecule has 3 nitrogen and oxygen atoms in total. The number of amidine groups is 1. The smallest absolute Gasteiger partial charge is 0.135 e. The lowest BCUT2D eigenvalue weighted by atomic mass is 10.2. The van der Waals surface area contributed by atoms with Gasteiger partial charge in [0.25, 0.3) is 0 Å². The number of hydrogen-bond acceptors (Lipinski definition) is 3. The average Bonchev–Trinajstić information content (AvgIpc) is 2.93. The largest absolute Gasteiger partial charge is 0.396 e. The first-order chi connectivity index (χ1) is 9.88. The van der Waals surface area contributed by atoms with Crippen molar-refractivity contribution in [2.75, 3.05) is 18.1 Å². The number of aliphatic hydroxyl groups is 1. The van der Waals surface area contributed by atoms with Gasteiger partial charge in [0, 0.05) is 24.4 Å². The zero-order valence-electron chi connectivity index (χ0n) is 11.3. The number of anilines is 1. The molecule has 1 aliphatic rings. The molecule has 0 saturated carbocycles. The minimum absolute atomic E-state index is 0.162. The molecule has 0 fully saturated rings. The van der Waals surface area contributed by atoms with E-state index in [4.69, 9.17) is 10.1 Å². The highest BCUT2D eigenvalue weighted by atomic mass is 16.3. The van der Waals surface area contributed by atoms with Crippen molar-refractivity contribution in [3.8, 4) is 0 Å². The number of benzene rings is 2. The lowest BCUT2D eigenvalue weighted by Gasteiger charge is -2.21. The maximum atomic E-state index is 9.15. The van der Waals surface area contributed by atoms with Crippen LogP contribution in [-0.2, 0) is 0 Å². The topological polar surface area (TPSA) is 35.8 Å². The SMILES string of the molecule is OCCC1CN(c2ccccc2)C(c2ccccc2)=N1. The summed E-state index contributed by atoms with van der Waals surface area (Å²) in [7, 11) is 0. The van der Waals surface area contributed by atoms with Gasteiger partial charge in [0.15, 0.2) is 0 Å². The lowest BCUT2D eigenvalue weighted by Crippen LogP contribution is -2.29. The van der Waals surface area contributed by atoms with Crippen LogP contribution in [0.4, 0.5) is 5.69 Å². The van der Waals surface area contributed by atoms with Crippen LogP contribution in [-0.4, -0.2) is 30.1 Å². The van der Waals surface area contributed by atoms with Crippen molar-refractivity contribution in [2.45, 2.75) is 12.5 Å². The molecule has 102 valence electrons. The lowest BCUT2D eigenvalue weighted by molar-refractivity contribution is 0.278. The van der Waals surface area contributed by atoms with Crippen LogP contribution in [0.5, 0.6) is 0 Å². The van der Waals surface area contributed by atoms with E-state index >= 15 is 0 Å². The normalized spacial score (nSPS) is 18.1. The molecule has 0 aliphatic carbocycles. The number of nitrogens with zero attached hydrogens (tertiary/aromatic N) is 2. The molecule has 3 heteroatoms. The van der Waals surface area contributed by atoms with Crippen molar-refractivity contribution >= 4 is 11.5 Å². The molecule has 1 heterocycles. The van der Waals surface area contributed by atoms with Crippen molar-refractivity contribution in [1.29, 1.82) is 0 Å². The Labute approximate surface area is 119 Å². The van der Waals surface area contributed by atoms with Gasteiger partial charge in [-0.2, -0.15) is 0 Å². The van der Waals surface area contributed by atoms with Crippen molar-refractivity contribution in [2.24, 2.45) is 4.99 Å². The monoisotopic (exact) mass is 266 g/mol. The molecule has 1 N–H and O–H groups in total. The summed E-state index contributed by atoms with van der Waals surface area (Å²) >= 11 is 0. The van der Waals surface area contributed by atoms with Crippen LogP contribution >= 0.6 is 0 Å². The van der Waals surface area contributed by atoms with Crippen molar-refractivity contribution in [1.82, 2.24) is 0 Å². The van der Waals surface area contributed by atoms with Gasteiger partial charge in [-0.05, 0) is 18.6 Å². The standard InChI is InChI=1S/C17H18N2O/c20-12-11-15-13-19(16-9-5-2-6-10-16)17(18-15)14-7-3-1-4-8-14/h1-10,15,20H,11-13H2. The van der Waals surface area contributed by atoms with Crippen molar-refractivity contribution in [3.05, 3.63) is 66.2 Å². The van der Waals surface area contributed by atoms with Gasteiger partial charge in [-0.25, -0.2) is 0 Å². The molecule has 1 unspecified atom stereocenters. The molecule has 0 radical (unpaired) electrons. The zero-order chi connectivity index (χ0) is 13.8. The first-order valence-electron chi connectivity index (χ1n) is 6.95. The quantitative estimate of drug-likeness (QED) is 0.923. The predicted octanol–water partition coefficient (Wildman–Crippen LogP) is 2.70. The third-order valence-electron chi connectivity index (χ3n) is 3.52. The third kappa shape index (κ3) is 2.58. The Morgan fingerprint density at radius 3 is 2.30 bits per heavy atom. The van der Waals surface area contributed by atoms with Crippen LogP contribution in [0.1, 0.15) is 12.0 Å². The summed E-state index contributed by atoms with van der Waals surface area (Å²) in [5, 5.41) is 9.15. The Kier molecular flexibility index (Phi) is 3.79. The van der Waals surface area contributed by atoms with Gasteiger partial charge in [0.2, 0.25) is 0 Å². The Morgan fingerprint density at radius 1 is 1.00 bits per heavy atom. The van der Waals surface area contributed by atoms with E-state index in [0.29, 0.717) is 6.42 Å². The van der Waals surface area contributed by atoms with Crippen molar-refractivity contribution < 1.29 is 5.11 Å². The number of para-hydroxylation sites is 1. The Bertz CT molecular complexity index is 580. The van der Waals surface area contributed by atoms with E-state index in [1.807, 2.05) is 36.4 Å². The van der Waals surface area contributed by atoms with Crippen LogP contribution in [0, 0.1) is 0 Å². The summed E-state index contributed by atoms with van der Waals surface area (Å²) in [6.45, 7) is 1.01. The van der Waals surface area contributed by atoms with Gasteiger partial charge in [0.1, 0.15) is 5.84 Å². The van der Waals surface area contributed by atoms with E-state index in [0.717, 1.165) is 23.6 Å². The zero-order valence-corrected chi connectivity index (χ0v) is 11.3. The minimum Gasteiger partial charge on any atom is -0.396 e. The van der Waals surface area contributed by atoms with E-state index in [1.165, 1.54) is 0 Å².